The molecule has 0 fully saturated rings. The quantitative estimate of drug-likeness (QED) is 0.169. The van der Waals surface area contributed by atoms with Crippen molar-refractivity contribution in [2.45, 2.75) is 12.2 Å². The Hall–Kier alpha value is -4.74. The predicted molar refractivity (Wildman–Crippen MR) is 134 cm³/mol. The lowest BCUT2D eigenvalue weighted by atomic mass is 10.0. The van der Waals surface area contributed by atoms with E-state index < -0.39 is 24.2 Å². The van der Waals surface area contributed by atoms with Crippen molar-refractivity contribution in [3.63, 3.8) is 0 Å². The summed E-state index contributed by atoms with van der Waals surface area (Å²) in [5, 5.41) is 20.9. The molecular weight excluding hydrogens is 496 g/mol. The Kier molecular flexibility index (Phi) is 9.00. The van der Waals surface area contributed by atoms with Crippen LogP contribution < -0.4 is 29.7 Å². The number of aliphatic hydroxyl groups is 1. The van der Waals surface area contributed by atoms with Crippen molar-refractivity contribution in [2.24, 2.45) is 0 Å². The lowest BCUT2D eigenvalue weighted by Gasteiger charge is -2.27. The van der Waals surface area contributed by atoms with Crippen molar-refractivity contribution < 1.29 is 43.6 Å². The van der Waals surface area contributed by atoms with Gasteiger partial charge in [-0.05, 0) is 36.4 Å². The van der Waals surface area contributed by atoms with Gasteiger partial charge in [-0.2, -0.15) is 0 Å². The van der Waals surface area contributed by atoms with Gasteiger partial charge in [0.1, 0.15) is 18.1 Å². The lowest BCUT2D eigenvalue weighted by molar-refractivity contribution is -0.124. The summed E-state index contributed by atoms with van der Waals surface area (Å²) in [6, 6.07) is 20.4. The third kappa shape index (κ3) is 6.93. The molecule has 2 atom stereocenters. The van der Waals surface area contributed by atoms with Crippen molar-refractivity contribution in [3.8, 4) is 23.0 Å². The van der Waals surface area contributed by atoms with Gasteiger partial charge in [-0.3, -0.25) is 15.3 Å². The SMILES string of the molecule is O=C(/C=C/[C@@H](Oc1ccccc1)[C@H](OC(=O)Nc1ccc2c(c1)OCO2)c1ccccc1OCCO)NO. The van der Waals surface area contributed by atoms with E-state index in [1.54, 1.807) is 66.7 Å². The van der Waals surface area contributed by atoms with E-state index in [-0.39, 0.29) is 20.0 Å². The first-order valence-electron chi connectivity index (χ1n) is 11.6. The summed E-state index contributed by atoms with van der Waals surface area (Å²) in [6.07, 6.45) is -0.609. The molecule has 3 aromatic rings. The van der Waals surface area contributed by atoms with E-state index in [1.165, 1.54) is 11.6 Å². The van der Waals surface area contributed by atoms with Crippen molar-refractivity contribution in [3.05, 3.63) is 90.5 Å². The summed E-state index contributed by atoms with van der Waals surface area (Å²) in [5.74, 6) is 1.000. The molecule has 38 heavy (non-hydrogen) atoms. The molecule has 0 spiro atoms. The normalized spacial score (nSPS) is 13.4. The smallest absolute Gasteiger partial charge is 0.412 e. The summed E-state index contributed by atoms with van der Waals surface area (Å²) >= 11 is 0. The number of nitrogens with one attached hydrogen (secondary N) is 2. The fourth-order valence-electron chi connectivity index (χ4n) is 3.62. The van der Waals surface area contributed by atoms with Crippen molar-refractivity contribution in [2.75, 3.05) is 25.3 Å². The van der Waals surface area contributed by atoms with Crippen molar-refractivity contribution in [1.29, 1.82) is 0 Å². The van der Waals surface area contributed by atoms with E-state index in [1.807, 2.05) is 6.07 Å². The second kappa shape index (κ2) is 13.0. The summed E-state index contributed by atoms with van der Waals surface area (Å²) < 4.78 is 28.3. The molecule has 4 N–H and O–H groups in total. The number of amides is 2. The fraction of sp³-hybridized carbons (Fsp3) is 0.185. The number of anilines is 1. The molecule has 2 amide bonds. The molecule has 0 saturated carbocycles. The number of ether oxygens (including phenoxy) is 5. The van der Waals surface area contributed by atoms with Gasteiger partial charge in [0.2, 0.25) is 6.79 Å². The van der Waals surface area contributed by atoms with E-state index in [0.717, 1.165) is 6.08 Å². The molecule has 0 radical (unpaired) electrons. The predicted octanol–water partition coefficient (Wildman–Crippen LogP) is 3.59. The number of carbonyl (C=O) groups excluding carboxylic acids is 2. The highest BCUT2D eigenvalue weighted by atomic mass is 16.7. The maximum Gasteiger partial charge on any atom is 0.412 e. The molecule has 0 unspecified atom stereocenters. The Morgan fingerprint density at radius 1 is 1.00 bits per heavy atom. The van der Waals surface area contributed by atoms with E-state index >= 15 is 0 Å². The molecule has 0 bridgehead atoms. The van der Waals surface area contributed by atoms with Gasteiger partial charge in [0.15, 0.2) is 23.7 Å². The van der Waals surface area contributed by atoms with Crippen LogP contribution in [0.4, 0.5) is 10.5 Å². The van der Waals surface area contributed by atoms with Crippen LogP contribution in [0.1, 0.15) is 11.7 Å². The summed E-state index contributed by atoms with van der Waals surface area (Å²) in [6.45, 7) is -0.146. The van der Waals surface area contributed by atoms with Crippen LogP contribution in [0.15, 0.2) is 84.9 Å². The van der Waals surface area contributed by atoms with Gasteiger partial charge in [0.25, 0.3) is 5.91 Å². The first-order chi connectivity index (χ1) is 18.6. The van der Waals surface area contributed by atoms with Crippen molar-refractivity contribution >= 4 is 17.7 Å². The number of aliphatic hydroxyl groups excluding tert-OH is 1. The molecule has 4 rings (SSSR count). The van der Waals surface area contributed by atoms with E-state index in [0.29, 0.717) is 34.2 Å². The van der Waals surface area contributed by atoms with E-state index in [4.69, 9.17) is 28.9 Å². The molecule has 198 valence electrons. The molecule has 0 aromatic heterocycles. The number of para-hydroxylation sites is 2. The van der Waals surface area contributed by atoms with Crippen LogP contribution >= 0.6 is 0 Å². The monoisotopic (exact) mass is 522 g/mol. The Morgan fingerprint density at radius 2 is 1.76 bits per heavy atom. The fourth-order valence-corrected chi connectivity index (χ4v) is 3.62. The van der Waals surface area contributed by atoms with Crippen LogP contribution in [-0.2, 0) is 9.53 Å². The third-order valence-electron chi connectivity index (χ3n) is 5.29. The molecule has 0 saturated heterocycles. The highest BCUT2D eigenvalue weighted by Crippen LogP contribution is 2.36. The molecule has 1 aliphatic rings. The second-order valence-electron chi connectivity index (χ2n) is 7.86. The average Bonchev–Trinajstić information content (AvgIpc) is 3.41. The van der Waals surface area contributed by atoms with Gasteiger partial charge < -0.3 is 28.8 Å². The highest BCUT2D eigenvalue weighted by molar-refractivity contribution is 5.87. The van der Waals surface area contributed by atoms with Crippen molar-refractivity contribution in [1.82, 2.24) is 5.48 Å². The maximum absolute atomic E-state index is 13.1. The van der Waals surface area contributed by atoms with Gasteiger partial charge in [0.05, 0.1) is 6.61 Å². The second-order valence-corrected chi connectivity index (χ2v) is 7.86. The number of hydrogen-bond donors (Lipinski definition) is 4. The minimum Gasteiger partial charge on any atom is -0.491 e. The number of hydroxylamine groups is 1. The number of rotatable bonds is 11. The standard InChI is InChI=1S/C27H26N2O9/c30-14-15-34-21-9-5-4-8-20(21)26(23(12-13-25(31)29-33)37-19-6-2-1-3-7-19)38-27(32)28-18-10-11-22-24(16-18)36-17-35-22/h1-13,16,23,26,30,33H,14-15,17H2,(H,28,32)(H,29,31)/b13-12+/t23-,26-/m1/s1. The lowest BCUT2D eigenvalue weighted by Crippen LogP contribution is -2.30. The van der Waals surface area contributed by atoms with Gasteiger partial charge in [-0.25, -0.2) is 10.3 Å². The summed E-state index contributed by atoms with van der Waals surface area (Å²) in [4.78, 5) is 24.9. The van der Waals surface area contributed by atoms with E-state index in [2.05, 4.69) is 5.32 Å². The molecule has 1 heterocycles. The van der Waals surface area contributed by atoms with Crippen LogP contribution in [0.3, 0.4) is 0 Å². The zero-order valence-electron chi connectivity index (χ0n) is 20.1. The molecule has 1 aliphatic heterocycles. The molecule has 0 aliphatic carbocycles. The Bertz CT molecular complexity index is 1270. The number of fused-ring (bicyclic) bond motifs is 1. The minimum atomic E-state index is -1.14. The molecule has 11 heteroatoms. The average molecular weight is 523 g/mol. The summed E-state index contributed by atoms with van der Waals surface area (Å²) in [5.41, 5.74) is 2.34. The van der Waals surface area contributed by atoms with Gasteiger partial charge >= 0.3 is 6.09 Å². The van der Waals surface area contributed by atoms with Gasteiger partial charge in [-0.1, -0.05) is 36.4 Å². The topological polar surface area (TPSA) is 145 Å². The van der Waals surface area contributed by atoms with Crippen LogP contribution in [-0.4, -0.2) is 48.4 Å². The summed E-state index contributed by atoms with van der Waals surface area (Å²) in [7, 11) is 0. The van der Waals surface area contributed by atoms with Crippen LogP contribution in [0.2, 0.25) is 0 Å². The largest absolute Gasteiger partial charge is 0.491 e. The van der Waals surface area contributed by atoms with Crippen LogP contribution in [0, 0.1) is 0 Å². The van der Waals surface area contributed by atoms with Crippen LogP contribution in [0.25, 0.3) is 0 Å². The zero-order chi connectivity index (χ0) is 26.7. The first-order valence-corrected chi connectivity index (χ1v) is 11.6. The van der Waals surface area contributed by atoms with E-state index in [9.17, 15) is 14.7 Å². The highest BCUT2D eigenvalue weighted by Gasteiger charge is 2.30. The minimum absolute atomic E-state index is 0.0000923. The molecule has 3 aromatic carbocycles. The van der Waals surface area contributed by atoms with Crippen LogP contribution in [0.5, 0.6) is 23.0 Å². The van der Waals surface area contributed by atoms with Gasteiger partial charge in [0, 0.05) is 23.4 Å². The number of hydrogen-bond acceptors (Lipinski definition) is 9. The Morgan fingerprint density at radius 3 is 2.55 bits per heavy atom. The Labute approximate surface area is 218 Å². The Balaban J connectivity index is 1.67. The molecule has 11 nitrogen and oxygen atoms in total. The number of benzene rings is 3. The zero-order valence-corrected chi connectivity index (χ0v) is 20.1. The number of carbonyl (C=O) groups is 2. The molecular formula is C27H26N2O9. The first kappa shape index (κ1) is 26.3. The van der Waals surface area contributed by atoms with Gasteiger partial charge in [-0.15, -0.1) is 0 Å². The third-order valence-corrected chi connectivity index (χ3v) is 5.29. The maximum atomic E-state index is 13.1.